The molecule has 0 bridgehead atoms. The Labute approximate surface area is 76.7 Å². The van der Waals surface area contributed by atoms with Gasteiger partial charge in [-0.15, -0.1) is 0 Å². The summed E-state index contributed by atoms with van der Waals surface area (Å²) in [6.07, 6.45) is 1.84. The number of nitrogens with zero attached hydrogens (tertiary/aromatic N) is 1. The van der Waals surface area contributed by atoms with E-state index in [2.05, 4.69) is 5.32 Å². The van der Waals surface area contributed by atoms with Crippen LogP contribution in [-0.4, -0.2) is 41.1 Å². The van der Waals surface area contributed by atoms with Crippen molar-refractivity contribution in [2.45, 2.75) is 25.8 Å². The largest absolute Gasteiger partial charge is 0.480 e. The van der Waals surface area contributed by atoms with Gasteiger partial charge in [0.1, 0.15) is 6.54 Å². The van der Waals surface area contributed by atoms with E-state index in [0.29, 0.717) is 6.54 Å². The Kier molecular flexibility index (Phi) is 3.11. The lowest BCUT2D eigenvalue weighted by atomic mass is 10.5. The number of rotatable bonds is 4. The molecule has 1 aliphatic rings. The molecule has 0 saturated heterocycles. The SMILES string of the molecule is CCNC(=O)N(CC(=O)O)C1CC1. The molecule has 0 unspecified atom stereocenters. The van der Waals surface area contributed by atoms with Gasteiger partial charge in [-0.1, -0.05) is 0 Å². The summed E-state index contributed by atoms with van der Waals surface area (Å²) in [7, 11) is 0. The fraction of sp³-hybridized carbons (Fsp3) is 0.750. The van der Waals surface area contributed by atoms with E-state index < -0.39 is 5.97 Å². The van der Waals surface area contributed by atoms with Crippen molar-refractivity contribution in [2.75, 3.05) is 13.1 Å². The van der Waals surface area contributed by atoms with Gasteiger partial charge in [-0.25, -0.2) is 4.79 Å². The van der Waals surface area contributed by atoms with E-state index >= 15 is 0 Å². The molecule has 5 nitrogen and oxygen atoms in total. The highest BCUT2D eigenvalue weighted by Crippen LogP contribution is 2.26. The molecule has 0 aromatic heterocycles. The van der Waals surface area contributed by atoms with Gasteiger partial charge in [-0.3, -0.25) is 4.79 Å². The molecular weight excluding hydrogens is 172 g/mol. The van der Waals surface area contributed by atoms with E-state index in [4.69, 9.17) is 5.11 Å². The summed E-state index contributed by atoms with van der Waals surface area (Å²) in [6.45, 7) is 2.14. The van der Waals surface area contributed by atoms with E-state index in [1.807, 2.05) is 6.92 Å². The summed E-state index contributed by atoms with van der Waals surface area (Å²) in [4.78, 5) is 23.1. The van der Waals surface area contributed by atoms with Gasteiger partial charge in [0.15, 0.2) is 0 Å². The minimum Gasteiger partial charge on any atom is -0.480 e. The van der Waals surface area contributed by atoms with Crippen molar-refractivity contribution in [3.05, 3.63) is 0 Å². The number of carbonyl (C=O) groups excluding carboxylic acids is 1. The van der Waals surface area contributed by atoms with Gasteiger partial charge in [-0.2, -0.15) is 0 Å². The average Bonchev–Trinajstić information content (AvgIpc) is 2.82. The monoisotopic (exact) mass is 186 g/mol. The minimum absolute atomic E-state index is 0.141. The maximum absolute atomic E-state index is 11.3. The van der Waals surface area contributed by atoms with Crippen LogP contribution in [0.4, 0.5) is 4.79 Å². The van der Waals surface area contributed by atoms with Crippen LogP contribution in [0.5, 0.6) is 0 Å². The third-order valence-electron chi connectivity index (χ3n) is 1.88. The average molecular weight is 186 g/mol. The number of carboxylic acids is 1. The van der Waals surface area contributed by atoms with E-state index in [1.54, 1.807) is 0 Å². The Hall–Kier alpha value is -1.26. The molecule has 1 saturated carbocycles. The molecule has 5 heteroatoms. The van der Waals surface area contributed by atoms with E-state index in [1.165, 1.54) is 4.90 Å². The predicted molar refractivity (Wildman–Crippen MR) is 46.4 cm³/mol. The van der Waals surface area contributed by atoms with Gasteiger partial charge >= 0.3 is 12.0 Å². The summed E-state index contributed by atoms with van der Waals surface area (Å²) in [6, 6.07) is -0.130. The van der Waals surface area contributed by atoms with Crippen molar-refractivity contribution in [1.82, 2.24) is 10.2 Å². The molecule has 1 fully saturated rings. The van der Waals surface area contributed by atoms with Crippen molar-refractivity contribution < 1.29 is 14.7 Å². The van der Waals surface area contributed by atoms with Crippen LogP contribution in [0, 0.1) is 0 Å². The lowest BCUT2D eigenvalue weighted by Crippen LogP contribution is -2.43. The Bertz CT molecular complexity index is 213. The number of amides is 2. The number of aliphatic carboxylic acids is 1. The fourth-order valence-electron chi connectivity index (χ4n) is 1.15. The third kappa shape index (κ3) is 2.93. The molecule has 13 heavy (non-hydrogen) atoms. The highest BCUT2D eigenvalue weighted by molar-refractivity contribution is 5.80. The molecule has 74 valence electrons. The zero-order valence-electron chi connectivity index (χ0n) is 7.62. The van der Waals surface area contributed by atoms with Crippen LogP contribution in [-0.2, 0) is 4.79 Å². The molecule has 2 amide bonds. The summed E-state index contributed by atoms with van der Waals surface area (Å²) < 4.78 is 0. The van der Waals surface area contributed by atoms with E-state index in [9.17, 15) is 9.59 Å². The fourth-order valence-corrected chi connectivity index (χ4v) is 1.15. The quantitative estimate of drug-likeness (QED) is 0.661. The molecule has 1 rings (SSSR count). The van der Waals surface area contributed by atoms with Crippen molar-refractivity contribution in [3.8, 4) is 0 Å². The number of hydrogen-bond acceptors (Lipinski definition) is 2. The molecule has 0 aromatic rings. The predicted octanol–water partition coefficient (Wildman–Crippen LogP) is 0.265. The van der Waals surface area contributed by atoms with Gasteiger partial charge in [0.05, 0.1) is 0 Å². The zero-order valence-corrected chi connectivity index (χ0v) is 7.62. The molecule has 2 N–H and O–H groups in total. The lowest BCUT2D eigenvalue weighted by molar-refractivity contribution is -0.137. The number of hydrogen-bond donors (Lipinski definition) is 2. The first kappa shape index (κ1) is 9.83. The Morgan fingerprint density at radius 2 is 2.15 bits per heavy atom. The maximum atomic E-state index is 11.3. The van der Waals surface area contributed by atoms with Gasteiger partial charge in [-0.05, 0) is 19.8 Å². The molecular formula is C8H14N2O3. The first-order valence-electron chi connectivity index (χ1n) is 4.41. The molecule has 0 aromatic carbocycles. The Morgan fingerprint density at radius 1 is 1.54 bits per heavy atom. The van der Waals surface area contributed by atoms with Crippen LogP contribution in [0.25, 0.3) is 0 Å². The van der Waals surface area contributed by atoms with Gasteiger partial charge in [0.2, 0.25) is 0 Å². The molecule has 0 atom stereocenters. The van der Waals surface area contributed by atoms with Gasteiger partial charge < -0.3 is 15.3 Å². The lowest BCUT2D eigenvalue weighted by Gasteiger charge is -2.19. The summed E-state index contributed by atoms with van der Waals surface area (Å²) in [5.41, 5.74) is 0. The van der Waals surface area contributed by atoms with Crippen LogP contribution in [0.3, 0.4) is 0 Å². The smallest absolute Gasteiger partial charge is 0.323 e. The minimum atomic E-state index is -0.960. The molecule has 0 spiro atoms. The van der Waals surface area contributed by atoms with Crippen molar-refractivity contribution >= 4 is 12.0 Å². The first-order chi connectivity index (χ1) is 6.15. The maximum Gasteiger partial charge on any atom is 0.323 e. The summed E-state index contributed by atoms with van der Waals surface area (Å²) >= 11 is 0. The van der Waals surface area contributed by atoms with Crippen LogP contribution in [0.1, 0.15) is 19.8 Å². The van der Waals surface area contributed by atoms with Crippen LogP contribution in [0.15, 0.2) is 0 Å². The van der Waals surface area contributed by atoms with Crippen LogP contribution >= 0.6 is 0 Å². The standard InChI is InChI=1S/C8H14N2O3/c1-2-9-8(13)10(5-7(11)12)6-3-4-6/h6H,2-5H2,1H3,(H,9,13)(H,11,12). The molecule has 0 heterocycles. The summed E-state index contributed by atoms with van der Waals surface area (Å²) in [5, 5.41) is 11.2. The van der Waals surface area contributed by atoms with Crippen molar-refractivity contribution in [3.63, 3.8) is 0 Å². The van der Waals surface area contributed by atoms with Gasteiger partial charge in [0.25, 0.3) is 0 Å². The van der Waals surface area contributed by atoms with E-state index in [-0.39, 0.29) is 18.6 Å². The second kappa shape index (κ2) is 4.11. The third-order valence-corrected chi connectivity index (χ3v) is 1.88. The Balaban J connectivity index is 2.45. The second-order valence-electron chi connectivity index (χ2n) is 3.09. The Morgan fingerprint density at radius 3 is 2.54 bits per heavy atom. The van der Waals surface area contributed by atoms with E-state index in [0.717, 1.165) is 12.8 Å². The van der Waals surface area contributed by atoms with Crippen molar-refractivity contribution in [1.29, 1.82) is 0 Å². The molecule has 1 aliphatic carbocycles. The second-order valence-corrected chi connectivity index (χ2v) is 3.09. The normalized spacial score (nSPS) is 15.2. The molecule has 0 radical (unpaired) electrons. The number of nitrogens with one attached hydrogen (secondary N) is 1. The topological polar surface area (TPSA) is 69.6 Å². The first-order valence-corrected chi connectivity index (χ1v) is 4.41. The number of urea groups is 1. The zero-order chi connectivity index (χ0) is 9.84. The van der Waals surface area contributed by atoms with Crippen LogP contribution < -0.4 is 5.32 Å². The van der Waals surface area contributed by atoms with Crippen LogP contribution in [0.2, 0.25) is 0 Å². The summed E-state index contributed by atoms with van der Waals surface area (Å²) in [5.74, 6) is -0.960. The highest BCUT2D eigenvalue weighted by atomic mass is 16.4. The van der Waals surface area contributed by atoms with Gasteiger partial charge in [0, 0.05) is 12.6 Å². The number of carboxylic acid groups (broad SMARTS) is 1. The number of carbonyl (C=O) groups is 2. The highest BCUT2D eigenvalue weighted by Gasteiger charge is 2.33. The molecule has 0 aliphatic heterocycles. The van der Waals surface area contributed by atoms with Crippen molar-refractivity contribution in [2.24, 2.45) is 0 Å².